The van der Waals surface area contributed by atoms with Crippen molar-refractivity contribution < 1.29 is 0 Å². The zero-order valence-corrected chi connectivity index (χ0v) is 16.8. The summed E-state index contributed by atoms with van der Waals surface area (Å²) >= 11 is 1.80. The molecule has 0 saturated carbocycles. The standard InChI is InChI=1S/C19H34N4S/c1-6-23(7-2)13-9-8-12-21-19(20-4)22-15-17-11-10-16(3)14-18(17)24-5/h10-11,14H,6-9,12-13,15H2,1-5H3,(H2,20,21,22). The molecule has 0 heterocycles. The highest BCUT2D eigenvalue weighted by Gasteiger charge is 2.04. The molecular formula is C19H34N4S. The molecule has 0 aliphatic heterocycles. The van der Waals surface area contributed by atoms with E-state index in [-0.39, 0.29) is 0 Å². The van der Waals surface area contributed by atoms with Crippen molar-refractivity contribution in [2.75, 3.05) is 39.5 Å². The minimum absolute atomic E-state index is 0.801. The molecule has 1 aromatic carbocycles. The highest BCUT2D eigenvalue weighted by Crippen LogP contribution is 2.21. The molecule has 0 aromatic heterocycles. The fourth-order valence-electron chi connectivity index (χ4n) is 2.60. The van der Waals surface area contributed by atoms with E-state index < -0.39 is 0 Å². The second-order valence-electron chi connectivity index (χ2n) is 5.90. The van der Waals surface area contributed by atoms with Crippen molar-refractivity contribution in [1.29, 1.82) is 0 Å². The van der Waals surface area contributed by atoms with Gasteiger partial charge in [0.2, 0.25) is 0 Å². The minimum atomic E-state index is 0.801. The summed E-state index contributed by atoms with van der Waals surface area (Å²) in [4.78, 5) is 8.12. The minimum Gasteiger partial charge on any atom is -0.356 e. The van der Waals surface area contributed by atoms with E-state index >= 15 is 0 Å². The van der Waals surface area contributed by atoms with Crippen LogP contribution in [0.3, 0.4) is 0 Å². The SMILES string of the molecule is CCN(CC)CCCCNC(=NC)NCc1ccc(C)cc1SC. The summed E-state index contributed by atoms with van der Waals surface area (Å²) in [7, 11) is 1.83. The maximum Gasteiger partial charge on any atom is 0.191 e. The van der Waals surface area contributed by atoms with Crippen molar-refractivity contribution in [2.45, 2.75) is 45.1 Å². The number of aryl methyl sites for hydroxylation is 1. The lowest BCUT2D eigenvalue weighted by atomic mass is 10.1. The van der Waals surface area contributed by atoms with Crippen molar-refractivity contribution in [3.8, 4) is 0 Å². The molecule has 0 atom stereocenters. The molecule has 0 unspecified atom stereocenters. The fourth-order valence-corrected chi connectivity index (χ4v) is 3.31. The first kappa shape index (κ1) is 20.8. The summed E-state index contributed by atoms with van der Waals surface area (Å²) in [5.41, 5.74) is 2.62. The van der Waals surface area contributed by atoms with Crippen molar-refractivity contribution in [3.05, 3.63) is 29.3 Å². The highest BCUT2D eigenvalue weighted by atomic mass is 32.2. The molecule has 24 heavy (non-hydrogen) atoms. The fraction of sp³-hybridized carbons (Fsp3) is 0.632. The molecule has 0 saturated heterocycles. The van der Waals surface area contributed by atoms with E-state index in [1.807, 2.05) is 7.05 Å². The van der Waals surface area contributed by atoms with Gasteiger partial charge in [-0.25, -0.2) is 0 Å². The average molecular weight is 351 g/mol. The zero-order valence-electron chi connectivity index (χ0n) is 16.0. The van der Waals surface area contributed by atoms with Crippen molar-refractivity contribution in [3.63, 3.8) is 0 Å². The average Bonchev–Trinajstić information content (AvgIpc) is 2.61. The van der Waals surface area contributed by atoms with Crippen LogP contribution in [0.2, 0.25) is 0 Å². The van der Waals surface area contributed by atoms with Crippen LogP contribution in [0.15, 0.2) is 28.1 Å². The van der Waals surface area contributed by atoms with Crippen LogP contribution >= 0.6 is 11.8 Å². The molecule has 0 fully saturated rings. The topological polar surface area (TPSA) is 39.7 Å². The number of aliphatic imine (C=N–C) groups is 1. The summed E-state index contributed by atoms with van der Waals surface area (Å²) in [5, 5.41) is 6.83. The van der Waals surface area contributed by atoms with Crippen LogP contribution in [-0.4, -0.2) is 50.3 Å². The van der Waals surface area contributed by atoms with Gasteiger partial charge in [0.15, 0.2) is 5.96 Å². The number of thioether (sulfide) groups is 1. The van der Waals surface area contributed by atoms with Gasteiger partial charge in [-0.1, -0.05) is 26.0 Å². The molecular weight excluding hydrogens is 316 g/mol. The molecule has 136 valence electrons. The number of guanidine groups is 1. The third kappa shape index (κ3) is 7.58. The van der Waals surface area contributed by atoms with Gasteiger partial charge in [-0.2, -0.15) is 0 Å². The van der Waals surface area contributed by atoms with E-state index in [2.05, 4.69) is 65.8 Å². The number of rotatable bonds is 10. The third-order valence-electron chi connectivity index (χ3n) is 4.20. The highest BCUT2D eigenvalue weighted by molar-refractivity contribution is 7.98. The molecule has 2 N–H and O–H groups in total. The Morgan fingerprint density at radius 3 is 2.54 bits per heavy atom. The van der Waals surface area contributed by atoms with Gasteiger partial charge in [-0.3, -0.25) is 4.99 Å². The quantitative estimate of drug-likeness (QED) is 0.293. The smallest absolute Gasteiger partial charge is 0.191 e. The first-order valence-electron chi connectivity index (χ1n) is 8.94. The third-order valence-corrected chi connectivity index (χ3v) is 5.02. The lowest BCUT2D eigenvalue weighted by Gasteiger charge is -2.18. The van der Waals surface area contributed by atoms with Gasteiger partial charge < -0.3 is 15.5 Å². The van der Waals surface area contributed by atoms with E-state index in [4.69, 9.17) is 0 Å². The monoisotopic (exact) mass is 350 g/mol. The Morgan fingerprint density at radius 2 is 1.92 bits per heavy atom. The number of unbranched alkanes of at least 4 members (excludes halogenated alkanes) is 1. The van der Waals surface area contributed by atoms with Crippen molar-refractivity contribution in [2.24, 2.45) is 4.99 Å². The molecule has 0 radical (unpaired) electrons. The predicted octanol–water partition coefficient (Wildman–Crippen LogP) is 3.50. The first-order chi connectivity index (χ1) is 11.6. The largest absolute Gasteiger partial charge is 0.356 e. The van der Waals surface area contributed by atoms with E-state index in [0.29, 0.717) is 0 Å². The Morgan fingerprint density at radius 1 is 1.17 bits per heavy atom. The van der Waals surface area contributed by atoms with Crippen LogP contribution in [-0.2, 0) is 6.54 Å². The molecule has 1 rings (SSSR count). The second-order valence-corrected chi connectivity index (χ2v) is 6.75. The maximum atomic E-state index is 4.32. The molecule has 0 aliphatic rings. The maximum absolute atomic E-state index is 4.32. The second kappa shape index (κ2) is 12.2. The summed E-state index contributed by atoms with van der Waals surface area (Å²) in [6.07, 6.45) is 4.51. The van der Waals surface area contributed by atoms with Crippen molar-refractivity contribution >= 4 is 17.7 Å². The lowest BCUT2D eigenvalue weighted by Crippen LogP contribution is -2.37. The molecule has 5 heteroatoms. The van der Waals surface area contributed by atoms with E-state index in [9.17, 15) is 0 Å². The summed E-state index contributed by atoms with van der Waals surface area (Å²) in [5.74, 6) is 0.880. The molecule has 0 amide bonds. The van der Waals surface area contributed by atoms with Crippen LogP contribution < -0.4 is 10.6 Å². The normalized spacial score (nSPS) is 11.8. The van der Waals surface area contributed by atoms with Gasteiger partial charge in [-0.15, -0.1) is 11.8 Å². The zero-order chi connectivity index (χ0) is 17.8. The number of hydrogen-bond acceptors (Lipinski definition) is 3. The van der Waals surface area contributed by atoms with E-state index in [1.54, 1.807) is 11.8 Å². The van der Waals surface area contributed by atoms with Gasteiger partial charge in [-0.05, 0) is 62.8 Å². The van der Waals surface area contributed by atoms with Crippen LogP contribution in [0, 0.1) is 6.92 Å². The molecule has 0 bridgehead atoms. The van der Waals surface area contributed by atoms with Crippen molar-refractivity contribution in [1.82, 2.24) is 15.5 Å². The van der Waals surface area contributed by atoms with E-state index in [1.165, 1.54) is 29.0 Å². The van der Waals surface area contributed by atoms with Crippen LogP contribution in [0.4, 0.5) is 0 Å². The van der Waals surface area contributed by atoms with E-state index in [0.717, 1.165) is 38.6 Å². The Labute approximate surface area is 152 Å². The number of nitrogens with one attached hydrogen (secondary N) is 2. The van der Waals surface area contributed by atoms with Gasteiger partial charge in [0.25, 0.3) is 0 Å². The number of hydrogen-bond donors (Lipinski definition) is 2. The summed E-state index contributed by atoms with van der Waals surface area (Å²) in [6, 6.07) is 6.61. The number of nitrogens with zero attached hydrogens (tertiary/aromatic N) is 2. The first-order valence-corrected chi connectivity index (χ1v) is 10.2. The number of benzene rings is 1. The molecule has 4 nitrogen and oxygen atoms in total. The van der Waals surface area contributed by atoms with Gasteiger partial charge in [0.05, 0.1) is 0 Å². The van der Waals surface area contributed by atoms with Gasteiger partial charge >= 0.3 is 0 Å². The van der Waals surface area contributed by atoms with Crippen LogP contribution in [0.25, 0.3) is 0 Å². The molecule has 1 aromatic rings. The predicted molar refractivity (Wildman–Crippen MR) is 108 cm³/mol. The van der Waals surface area contributed by atoms with Crippen LogP contribution in [0.5, 0.6) is 0 Å². The Kier molecular flexibility index (Phi) is 10.6. The Bertz CT molecular complexity index is 498. The van der Waals surface area contributed by atoms with Gasteiger partial charge in [0, 0.05) is 25.0 Å². The lowest BCUT2D eigenvalue weighted by molar-refractivity contribution is 0.297. The summed E-state index contributed by atoms with van der Waals surface area (Å²) < 4.78 is 0. The van der Waals surface area contributed by atoms with Gasteiger partial charge in [0.1, 0.15) is 0 Å². The summed E-state index contributed by atoms with van der Waals surface area (Å²) in [6.45, 7) is 11.8. The van der Waals surface area contributed by atoms with Crippen LogP contribution in [0.1, 0.15) is 37.8 Å². The Hall–Kier alpha value is -1.20. The molecule has 0 spiro atoms. The molecule has 0 aliphatic carbocycles. The Balaban J connectivity index is 2.33.